The molecule has 3 heterocycles. The van der Waals surface area contributed by atoms with Gasteiger partial charge in [-0.15, -0.1) is 0 Å². The summed E-state index contributed by atoms with van der Waals surface area (Å²) in [6.45, 7) is 4.66. The van der Waals surface area contributed by atoms with Crippen LogP contribution in [-0.4, -0.2) is 15.0 Å². The van der Waals surface area contributed by atoms with E-state index in [0.29, 0.717) is 17.5 Å². The van der Waals surface area contributed by atoms with E-state index in [0.717, 1.165) is 73.1 Å². The Bertz CT molecular complexity index is 3230. The maximum Gasteiger partial charge on any atom is 0.164 e. The smallest absolute Gasteiger partial charge is 0.164 e. The molecule has 0 radical (unpaired) electrons. The van der Waals surface area contributed by atoms with Gasteiger partial charge < -0.3 is 9.80 Å². The summed E-state index contributed by atoms with van der Waals surface area (Å²) >= 11 is 1.81. The van der Waals surface area contributed by atoms with Gasteiger partial charge in [-0.2, -0.15) is 0 Å². The van der Waals surface area contributed by atoms with Crippen molar-refractivity contribution >= 4 is 45.9 Å². The third-order valence-electron chi connectivity index (χ3n) is 12.9. The Morgan fingerprint density at radius 1 is 0.318 bits per heavy atom. The predicted molar refractivity (Wildman–Crippen MR) is 273 cm³/mol. The first kappa shape index (κ1) is 39.5. The van der Waals surface area contributed by atoms with Crippen molar-refractivity contribution in [1.82, 2.24) is 15.0 Å². The van der Waals surface area contributed by atoms with Gasteiger partial charge in [-0.05, 0) is 88.0 Å². The first-order chi connectivity index (χ1) is 32.5. The third kappa shape index (κ3) is 6.94. The van der Waals surface area contributed by atoms with Crippen LogP contribution in [0, 0.1) is 0 Å². The van der Waals surface area contributed by atoms with E-state index in [1.54, 1.807) is 0 Å². The molecule has 0 amide bonds. The summed E-state index contributed by atoms with van der Waals surface area (Å²) in [5.41, 5.74) is 16.2. The number of nitrogens with zero attached hydrogens (tertiary/aromatic N) is 5. The zero-order valence-electron chi connectivity index (χ0n) is 36.5. The van der Waals surface area contributed by atoms with E-state index in [-0.39, 0.29) is 5.41 Å². The van der Waals surface area contributed by atoms with Crippen LogP contribution in [0.25, 0.3) is 56.4 Å². The second kappa shape index (κ2) is 16.2. The average molecular weight is 866 g/mol. The highest BCUT2D eigenvalue weighted by Crippen LogP contribution is 2.55. The summed E-state index contributed by atoms with van der Waals surface area (Å²) in [6.07, 6.45) is 0. The number of fused-ring (bicyclic) bond motifs is 4. The maximum atomic E-state index is 5.38. The predicted octanol–water partition coefficient (Wildman–Crippen LogP) is 16.3. The fourth-order valence-corrected chi connectivity index (χ4v) is 10.6. The summed E-state index contributed by atoms with van der Waals surface area (Å²) < 4.78 is 0. The lowest BCUT2D eigenvalue weighted by Crippen LogP contribution is -2.30. The lowest BCUT2D eigenvalue weighted by molar-refractivity contribution is 0.632. The molecule has 0 unspecified atom stereocenters. The van der Waals surface area contributed by atoms with Gasteiger partial charge in [0.05, 0.1) is 22.7 Å². The van der Waals surface area contributed by atoms with Crippen LogP contribution in [0.3, 0.4) is 0 Å². The van der Waals surface area contributed by atoms with Gasteiger partial charge in [-0.3, -0.25) is 0 Å². The van der Waals surface area contributed by atoms with Crippen molar-refractivity contribution < 1.29 is 0 Å². The zero-order valence-corrected chi connectivity index (χ0v) is 37.3. The van der Waals surface area contributed by atoms with E-state index < -0.39 is 0 Å². The zero-order chi connectivity index (χ0) is 44.2. The van der Waals surface area contributed by atoms with E-state index in [9.17, 15) is 0 Å². The van der Waals surface area contributed by atoms with Gasteiger partial charge >= 0.3 is 0 Å². The number of aromatic nitrogens is 3. The third-order valence-corrected chi connectivity index (χ3v) is 14.0. The van der Waals surface area contributed by atoms with Gasteiger partial charge in [0.15, 0.2) is 17.5 Å². The Balaban J connectivity index is 1.09. The van der Waals surface area contributed by atoms with Crippen molar-refractivity contribution in [3.63, 3.8) is 0 Å². The average Bonchev–Trinajstić information content (AvgIpc) is 3.38. The Hall–Kier alpha value is -8.06. The van der Waals surface area contributed by atoms with Crippen molar-refractivity contribution in [2.45, 2.75) is 29.1 Å². The number of hydrogen-bond donors (Lipinski definition) is 0. The van der Waals surface area contributed by atoms with Crippen molar-refractivity contribution in [1.29, 1.82) is 0 Å². The van der Waals surface area contributed by atoms with Crippen LogP contribution in [0.15, 0.2) is 234 Å². The second-order valence-electron chi connectivity index (χ2n) is 17.3. The molecule has 0 saturated carbocycles. The van der Waals surface area contributed by atoms with Crippen LogP contribution < -0.4 is 9.80 Å². The van der Waals surface area contributed by atoms with Crippen molar-refractivity contribution in [2.24, 2.45) is 0 Å². The molecule has 2 aliphatic rings. The molecule has 0 spiro atoms. The molecule has 6 heteroatoms. The molecule has 9 aromatic carbocycles. The standard InChI is InChI=1S/C60H43N5S/c1-60(2)49-21-9-11-23-51(49)64(52-24-12-10-22-50(52)60)47-37-46(38-48(39-47)65-53-25-13-15-27-55(53)66-56-28-16-14-26-54(56)65)59-62-57(44-33-29-42(30-34-44)40-17-5-3-6-18-40)61-58(63-59)45-35-31-43(32-36-45)41-19-7-4-8-20-41/h3-39H,1-2H3. The second-order valence-corrected chi connectivity index (χ2v) is 18.4. The molecule has 1 aromatic heterocycles. The van der Waals surface area contributed by atoms with E-state index in [1.807, 2.05) is 23.9 Å². The fourth-order valence-electron chi connectivity index (χ4n) is 9.56. The Morgan fingerprint density at radius 2 is 0.652 bits per heavy atom. The molecule has 10 aromatic rings. The van der Waals surface area contributed by atoms with Gasteiger partial charge in [0.2, 0.25) is 0 Å². The van der Waals surface area contributed by atoms with Crippen LogP contribution in [0.1, 0.15) is 25.0 Å². The lowest BCUT2D eigenvalue weighted by atomic mass is 9.73. The van der Waals surface area contributed by atoms with Gasteiger partial charge in [-0.1, -0.05) is 195 Å². The first-order valence-electron chi connectivity index (χ1n) is 22.3. The Kier molecular flexibility index (Phi) is 9.69. The molecule has 12 rings (SSSR count). The summed E-state index contributed by atoms with van der Waals surface area (Å²) in [4.78, 5) is 23.2. The molecular weight excluding hydrogens is 823 g/mol. The van der Waals surface area contributed by atoms with Crippen LogP contribution in [0.4, 0.5) is 34.1 Å². The molecule has 66 heavy (non-hydrogen) atoms. The van der Waals surface area contributed by atoms with Gasteiger partial charge in [0.1, 0.15) is 0 Å². The largest absolute Gasteiger partial charge is 0.310 e. The van der Waals surface area contributed by atoms with Crippen molar-refractivity contribution in [3.8, 4) is 56.4 Å². The van der Waals surface area contributed by atoms with Gasteiger partial charge in [0, 0.05) is 43.3 Å². The molecular formula is C60H43N5S. The minimum absolute atomic E-state index is 0.212. The molecule has 0 atom stereocenters. The van der Waals surface area contributed by atoms with Gasteiger partial charge in [-0.25, -0.2) is 15.0 Å². The van der Waals surface area contributed by atoms with Crippen LogP contribution in [-0.2, 0) is 5.41 Å². The number of benzene rings is 9. The quantitative estimate of drug-likeness (QED) is 0.159. The van der Waals surface area contributed by atoms with Crippen molar-refractivity contribution in [2.75, 3.05) is 9.80 Å². The Morgan fingerprint density at radius 3 is 1.11 bits per heavy atom. The molecule has 2 aliphatic heterocycles. The maximum absolute atomic E-state index is 5.38. The monoisotopic (exact) mass is 865 g/mol. The van der Waals surface area contributed by atoms with E-state index >= 15 is 0 Å². The number of para-hydroxylation sites is 4. The Labute approximate surface area is 389 Å². The molecule has 0 saturated heterocycles. The van der Waals surface area contributed by atoms with E-state index in [1.165, 1.54) is 20.9 Å². The van der Waals surface area contributed by atoms with Crippen LogP contribution in [0.2, 0.25) is 0 Å². The molecule has 5 nitrogen and oxygen atoms in total. The SMILES string of the molecule is CC1(C)c2ccccc2N(c2cc(-c3nc(-c4ccc(-c5ccccc5)cc4)nc(-c4ccc(-c5ccccc5)cc4)n3)cc(N3c4ccccc4Sc4ccccc43)c2)c2ccccc21. The molecule has 0 fully saturated rings. The number of rotatable bonds is 7. The van der Waals surface area contributed by atoms with Crippen LogP contribution in [0.5, 0.6) is 0 Å². The van der Waals surface area contributed by atoms with E-state index in [4.69, 9.17) is 15.0 Å². The minimum atomic E-state index is -0.212. The summed E-state index contributed by atoms with van der Waals surface area (Å²) in [5, 5.41) is 0. The molecule has 314 valence electrons. The van der Waals surface area contributed by atoms with Crippen molar-refractivity contribution in [3.05, 3.63) is 236 Å². The minimum Gasteiger partial charge on any atom is -0.310 e. The normalized spacial score (nSPS) is 13.3. The summed E-state index contributed by atoms with van der Waals surface area (Å²) in [6, 6.07) is 79.8. The highest BCUT2D eigenvalue weighted by molar-refractivity contribution is 7.99. The summed E-state index contributed by atoms with van der Waals surface area (Å²) in [5.74, 6) is 1.80. The van der Waals surface area contributed by atoms with Gasteiger partial charge in [0.25, 0.3) is 0 Å². The highest BCUT2D eigenvalue weighted by atomic mass is 32.2. The molecule has 0 aliphatic carbocycles. The molecule has 0 bridgehead atoms. The van der Waals surface area contributed by atoms with Crippen LogP contribution >= 0.6 is 11.8 Å². The number of hydrogen-bond acceptors (Lipinski definition) is 6. The lowest BCUT2D eigenvalue weighted by Gasteiger charge is -2.42. The number of anilines is 6. The van der Waals surface area contributed by atoms with E-state index in [2.05, 4.69) is 236 Å². The fraction of sp³-hybridized carbons (Fsp3) is 0.0500. The summed E-state index contributed by atoms with van der Waals surface area (Å²) in [7, 11) is 0. The highest BCUT2D eigenvalue weighted by Gasteiger charge is 2.37. The molecule has 0 N–H and O–H groups in total. The first-order valence-corrected chi connectivity index (χ1v) is 23.2. The topological polar surface area (TPSA) is 45.2 Å².